The Morgan fingerprint density at radius 3 is 2.37 bits per heavy atom. The third kappa shape index (κ3) is 4.83. The van der Waals surface area contributed by atoms with Crippen molar-refractivity contribution in [1.82, 2.24) is 14.5 Å². The van der Waals surface area contributed by atoms with Crippen LogP contribution in [0.5, 0.6) is 5.75 Å². The predicted molar refractivity (Wildman–Crippen MR) is 139 cm³/mol. The van der Waals surface area contributed by atoms with Crippen LogP contribution in [0.4, 0.5) is 0 Å². The lowest BCUT2D eigenvalue weighted by Gasteiger charge is -2.30. The Morgan fingerprint density at radius 2 is 1.69 bits per heavy atom. The lowest BCUT2D eigenvalue weighted by Crippen LogP contribution is -2.38. The summed E-state index contributed by atoms with van der Waals surface area (Å²) in [5, 5.41) is 0.557. The summed E-state index contributed by atoms with van der Waals surface area (Å²) in [4.78, 5) is 33.9. The number of nitrogens with zero attached hydrogens (tertiary/aromatic N) is 3. The van der Waals surface area contributed by atoms with Crippen LogP contribution in [0.15, 0.2) is 77.6 Å². The molecule has 1 aromatic heterocycles. The minimum Gasteiger partial charge on any atom is -0.497 e. The van der Waals surface area contributed by atoms with E-state index >= 15 is 0 Å². The minimum absolute atomic E-state index is 0.0251. The first-order valence-electron chi connectivity index (χ1n) is 12.0. The van der Waals surface area contributed by atoms with Gasteiger partial charge in [-0.05, 0) is 61.7 Å². The molecule has 1 unspecified atom stereocenters. The van der Waals surface area contributed by atoms with Crippen LogP contribution in [0.2, 0.25) is 0 Å². The van der Waals surface area contributed by atoms with Crippen LogP contribution in [0.1, 0.15) is 43.8 Å². The molecule has 0 saturated carbocycles. The van der Waals surface area contributed by atoms with E-state index in [9.17, 15) is 9.59 Å². The molecular weight excluding hydrogens is 438 g/mol. The molecule has 6 heteroatoms. The molecule has 0 aliphatic carbocycles. The number of rotatable bonds is 8. The van der Waals surface area contributed by atoms with Crippen LogP contribution in [-0.4, -0.2) is 34.0 Å². The zero-order chi connectivity index (χ0) is 24.9. The summed E-state index contributed by atoms with van der Waals surface area (Å²) in [5.41, 5.74) is 3.26. The van der Waals surface area contributed by atoms with E-state index in [0.717, 1.165) is 29.0 Å². The lowest BCUT2D eigenvalue weighted by molar-refractivity contribution is -0.132. The van der Waals surface area contributed by atoms with Gasteiger partial charge in [-0.15, -0.1) is 0 Å². The maximum Gasteiger partial charge on any atom is 0.266 e. The first-order valence-corrected chi connectivity index (χ1v) is 12.0. The standard InChI is InChI=1S/C29H31N3O3/c1-5-22-11-7-10-14-26(22)32-28(30-25-13-9-8-12-24(25)29(32)34)20(3)31(6-2)27(33)19-21-15-17-23(35-4)18-16-21/h7-18,20H,5-6,19H2,1-4H3. The molecule has 6 nitrogen and oxygen atoms in total. The van der Waals surface area contributed by atoms with Crippen LogP contribution in [0.3, 0.4) is 0 Å². The highest BCUT2D eigenvalue weighted by Crippen LogP contribution is 2.25. The number of aromatic nitrogens is 2. The van der Waals surface area contributed by atoms with Crippen molar-refractivity contribution in [3.63, 3.8) is 0 Å². The van der Waals surface area contributed by atoms with E-state index in [-0.39, 0.29) is 17.9 Å². The molecule has 0 spiro atoms. The van der Waals surface area contributed by atoms with Crippen molar-refractivity contribution >= 4 is 16.8 Å². The van der Waals surface area contributed by atoms with Crippen molar-refractivity contribution in [2.75, 3.05) is 13.7 Å². The third-order valence-corrected chi connectivity index (χ3v) is 6.43. The van der Waals surface area contributed by atoms with Gasteiger partial charge in [0.2, 0.25) is 5.91 Å². The quantitative estimate of drug-likeness (QED) is 0.360. The number of fused-ring (bicyclic) bond motifs is 1. The smallest absolute Gasteiger partial charge is 0.266 e. The van der Waals surface area contributed by atoms with Crippen molar-refractivity contribution in [1.29, 1.82) is 0 Å². The fourth-order valence-electron chi connectivity index (χ4n) is 4.52. The number of carbonyl (C=O) groups is 1. The summed E-state index contributed by atoms with van der Waals surface area (Å²) in [7, 11) is 1.62. The van der Waals surface area contributed by atoms with Crippen molar-refractivity contribution in [3.8, 4) is 11.4 Å². The minimum atomic E-state index is -0.409. The highest BCUT2D eigenvalue weighted by Gasteiger charge is 2.26. The predicted octanol–water partition coefficient (Wildman–Crippen LogP) is 5.11. The average molecular weight is 470 g/mol. The van der Waals surface area contributed by atoms with Gasteiger partial charge in [0.25, 0.3) is 5.56 Å². The monoisotopic (exact) mass is 469 g/mol. The highest BCUT2D eigenvalue weighted by molar-refractivity contribution is 5.80. The molecule has 0 aliphatic heterocycles. The van der Waals surface area contributed by atoms with Gasteiger partial charge >= 0.3 is 0 Å². The largest absolute Gasteiger partial charge is 0.497 e. The first-order chi connectivity index (χ1) is 17.0. The summed E-state index contributed by atoms with van der Waals surface area (Å²) >= 11 is 0. The number of likely N-dealkylation sites (N-methyl/N-ethyl adjacent to an activating group) is 1. The fraction of sp³-hybridized carbons (Fsp3) is 0.276. The molecule has 0 fully saturated rings. The van der Waals surface area contributed by atoms with Crippen LogP contribution in [0.25, 0.3) is 16.6 Å². The van der Waals surface area contributed by atoms with Gasteiger partial charge in [0.15, 0.2) is 0 Å². The molecule has 35 heavy (non-hydrogen) atoms. The summed E-state index contributed by atoms with van der Waals surface area (Å²) in [5.74, 6) is 1.28. The molecule has 3 aromatic carbocycles. The zero-order valence-electron chi connectivity index (χ0n) is 20.7. The van der Waals surface area contributed by atoms with Gasteiger partial charge in [0.05, 0.1) is 36.2 Å². The number of hydrogen-bond acceptors (Lipinski definition) is 4. The molecular formula is C29H31N3O3. The molecule has 0 N–H and O–H groups in total. The van der Waals surface area contributed by atoms with Crippen molar-refractivity contribution < 1.29 is 9.53 Å². The van der Waals surface area contributed by atoms with Gasteiger partial charge < -0.3 is 9.64 Å². The van der Waals surface area contributed by atoms with Gasteiger partial charge in [0, 0.05) is 6.54 Å². The highest BCUT2D eigenvalue weighted by atomic mass is 16.5. The third-order valence-electron chi connectivity index (χ3n) is 6.43. The number of para-hydroxylation sites is 2. The number of hydrogen-bond donors (Lipinski definition) is 0. The van der Waals surface area contributed by atoms with Crippen LogP contribution in [0, 0.1) is 0 Å². The van der Waals surface area contributed by atoms with Crippen LogP contribution in [-0.2, 0) is 17.6 Å². The SMILES string of the molecule is CCc1ccccc1-n1c(C(C)N(CC)C(=O)Cc2ccc(OC)cc2)nc2ccccc2c1=O. The Hall–Kier alpha value is -3.93. The molecule has 180 valence electrons. The number of amides is 1. The number of methoxy groups -OCH3 is 1. The number of benzene rings is 3. The molecule has 4 aromatic rings. The van der Waals surface area contributed by atoms with E-state index in [1.54, 1.807) is 22.6 Å². The lowest BCUT2D eigenvalue weighted by atomic mass is 10.1. The molecule has 0 radical (unpaired) electrons. The van der Waals surface area contributed by atoms with Crippen LogP contribution < -0.4 is 10.3 Å². The van der Waals surface area contributed by atoms with E-state index in [4.69, 9.17) is 9.72 Å². The van der Waals surface area contributed by atoms with E-state index in [0.29, 0.717) is 23.3 Å². The Morgan fingerprint density at radius 1 is 1.00 bits per heavy atom. The number of carbonyl (C=O) groups excluding carboxylic acids is 1. The van der Waals surface area contributed by atoms with Gasteiger partial charge in [-0.3, -0.25) is 14.2 Å². The van der Waals surface area contributed by atoms with Crippen molar-refractivity contribution in [2.45, 2.75) is 39.7 Å². The van der Waals surface area contributed by atoms with Gasteiger partial charge in [0.1, 0.15) is 11.6 Å². The Bertz CT molecular complexity index is 1390. The Balaban J connectivity index is 1.80. The molecule has 4 rings (SSSR count). The Labute approximate surface area is 205 Å². The summed E-state index contributed by atoms with van der Waals surface area (Å²) in [6.07, 6.45) is 1.03. The molecule has 0 saturated heterocycles. The average Bonchev–Trinajstić information content (AvgIpc) is 2.89. The van der Waals surface area contributed by atoms with E-state index in [1.165, 1.54) is 0 Å². The number of aryl methyl sites for hydroxylation is 1. The topological polar surface area (TPSA) is 64.4 Å². The second-order valence-electron chi connectivity index (χ2n) is 8.49. The summed E-state index contributed by atoms with van der Waals surface area (Å²) in [6.45, 7) is 6.45. The summed E-state index contributed by atoms with van der Waals surface area (Å²) < 4.78 is 6.91. The zero-order valence-corrected chi connectivity index (χ0v) is 20.7. The maximum atomic E-state index is 13.8. The van der Waals surface area contributed by atoms with Crippen molar-refractivity contribution in [3.05, 3.63) is 100 Å². The molecule has 1 amide bonds. The van der Waals surface area contributed by atoms with Gasteiger partial charge in [-0.2, -0.15) is 0 Å². The first kappa shape index (κ1) is 24.2. The fourth-order valence-corrected chi connectivity index (χ4v) is 4.52. The van der Waals surface area contributed by atoms with Gasteiger partial charge in [-0.1, -0.05) is 49.4 Å². The maximum absolute atomic E-state index is 13.8. The second kappa shape index (κ2) is 10.6. The number of ether oxygens (including phenoxy) is 1. The molecule has 1 heterocycles. The summed E-state index contributed by atoms with van der Waals surface area (Å²) in [6, 6.07) is 22.3. The normalized spacial score (nSPS) is 11.9. The van der Waals surface area contributed by atoms with E-state index in [2.05, 4.69) is 6.92 Å². The van der Waals surface area contributed by atoms with Crippen molar-refractivity contribution in [2.24, 2.45) is 0 Å². The second-order valence-corrected chi connectivity index (χ2v) is 8.49. The molecule has 0 aliphatic rings. The molecule has 0 bridgehead atoms. The molecule has 1 atom stereocenters. The van der Waals surface area contributed by atoms with E-state index in [1.807, 2.05) is 80.6 Å². The van der Waals surface area contributed by atoms with Gasteiger partial charge in [-0.25, -0.2) is 4.98 Å². The Kier molecular flexibility index (Phi) is 7.30. The van der Waals surface area contributed by atoms with Crippen LogP contribution >= 0.6 is 0 Å². The van der Waals surface area contributed by atoms with E-state index < -0.39 is 6.04 Å².